The van der Waals surface area contributed by atoms with Crippen molar-refractivity contribution in [2.24, 2.45) is 4.99 Å². The first kappa shape index (κ1) is 17.5. The highest BCUT2D eigenvalue weighted by Crippen LogP contribution is 2.37. The van der Waals surface area contributed by atoms with Gasteiger partial charge < -0.3 is 4.74 Å². The summed E-state index contributed by atoms with van der Waals surface area (Å²) in [5.41, 5.74) is 3.03. The standard InChI is InChI=1S/C18H13Br2NO2S/c1-10-3-5-12(6-4-10)18-21-17(22)15(24-18)9-11-7-13(19)16(23-2)14(20)8-11/h3-9H,1-2H3. The molecule has 0 saturated heterocycles. The van der Waals surface area contributed by atoms with Crippen molar-refractivity contribution in [2.75, 3.05) is 7.11 Å². The van der Waals surface area contributed by atoms with E-state index < -0.39 is 0 Å². The van der Waals surface area contributed by atoms with Gasteiger partial charge in [0.15, 0.2) is 0 Å². The number of carbonyl (C=O) groups excluding carboxylic acids is 1. The van der Waals surface area contributed by atoms with Crippen LogP contribution in [0.15, 0.2) is 55.2 Å². The summed E-state index contributed by atoms with van der Waals surface area (Å²) in [5.74, 6) is 0.512. The molecule has 2 aromatic carbocycles. The number of amides is 1. The second-order valence-electron chi connectivity index (χ2n) is 5.22. The van der Waals surface area contributed by atoms with Gasteiger partial charge in [0.1, 0.15) is 10.8 Å². The van der Waals surface area contributed by atoms with Gasteiger partial charge in [-0.3, -0.25) is 4.79 Å². The highest BCUT2D eigenvalue weighted by Gasteiger charge is 2.23. The normalized spacial score (nSPS) is 15.8. The molecule has 0 radical (unpaired) electrons. The Balaban J connectivity index is 1.88. The van der Waals surface area contributed by atoms with Crippen LogP contribution in [0, 0.1) is 6.92 Å². The van der Waals surface area contributed by atoms with Crippen LogP contribution in [0.2, 0.25) is 0 Å². The van der Waals surface area contributed by atoms with E-state index in [1.165, 1.54) is 17.3 Å². The molecule has 1 amide bonds. The van der Waals surface area contributed by atoms with Crippen molar-refractivity contribution in [1.82, 2.24) is 0 Å². The number of methoxy groups -OCH3 is 1. The van der Waals surface area contributed by atoms with Crippen LogP contribution in [0.1, 0.15) is 16.7 Å². The first-order valence-electron chi connectivity index (χ1n) is 7.10. The molecule has 2 aromatic rings. The Labute approximate surface area is 161 Å². The Kier molecular flexibility index (Phi) is 5.27. The third-order valence-corrected chi connectivity index (χ3v) is 5.65. The molecule has 0 bridgehead atoms. The van der Waals surface area contributed by atoms with Crippen molar-refractivity contribution in [3.05, 3.63) is 66.9 Å². The number of nitrogens with zero attached hydrogens (tertiary/aromatic N) is 1. The number of carbonyl (C=O) groups is 1. The molecule has 1 heterocycles. The van der Waals surface area contributed by atoms with Crippen LogP contribution in [0.3, 0.4) is 0 Å². The number of halogens is 2. The zero-order chi connectivity index (χ0) is 17.3. The van der Waals surface area contributed by atoms with Crippen molar-refractivity contribution in [3.8, 4) is 5.75 Å². The van der Waals surface area contributed by atoms with Gasteiger partial charge in [0, 0.05) is 5.56 Å². The average molecular weight is 467 g/mol. The van der Waals surface area contributed by atoms with Gasteiger partial charge in [-0.1, -0.05) is 41.6 Å². The van der Waals surface area contributed by atoms with Crippen LogP contribution < -0.4 is 4.74 Å². The number of hydrogen-bond donors (Lipinski definition) is 0. The number of aryl methyl sites for hydroxylation is 1. The largest absolute Gasteiger partial charge is 0.494 e. The summed E-state index contributed by atoms with van der Waals surface area (Å²) >= 11 is 8.34. The quantitative estimate of drug-likeness (QED) is 0.553. The van der Waals surface area contributed by atoms with Gasteiger partial charge in [0.2, 0.25) is 0 Å². The highest BCUT2D eigenvalue weighted by atomic mass is 79.9. The van der Waals surface area contributed by atoms with Gasteiger partial charge in [-0.15, -0.1) is 0 Å². The van der Waals surface area contributed by atoms with Crippen molar-refractivity contribution < 1.29 is 9.53 Å². The van der Waals surface area contributed by atoms with E-state index >= 15 is 0 Å². The number of rotatable bonds is 3. The lowest BCUT2D eigenvalue weighted by atomic mass is 10.2. The summed E-state index contributed by atoms with van der Waals surface area (Å²) in [7, 11) is 1.61. The van der Waals surface area contributed by atoms with E-state index in [0.29, 0.717) is 4.91 Å². The molecule has 0 spiro atoms. The molecule has 0 N–H and O–H groups in total. The van der Waals surface area contributed by atoms with Crippen LogP contribution in [0.25, 0.3) is 6.08 Å². The number of thioether (sulfide) groups is 1. The van der Waals surface area contributed by atoms with Crippen LogP contribution in [-0.2, 0) is 4.79 Å². The van der Waals surface area contributed by atoms with Gasteiger partial charge in [-0.25, -0.2) is 4.99 Å². The molecular formula is C18H13Br2NO2S. The predicted molar refractivity (Wildman–Crippen MR) is 107 cm³/mol. The SMILES string of the molecule is COc1c(Br)cc(C=C2SC(c3ccc(C)cc3)=NC2=O)cc1Br. The third-order valence-electron chi connectivity index (χ3n) is 3.44. The Morgan fingerprint density at radius 1 is 1.12 bits per heavy atom. The van der Waals surface area contributed by atoms with Gasteiger partial charge in [-0.05, 0) is 62.6 Å². The zero-order valence-electron chi connectivity index (χ0n) is 13.0. The van der Waals surface area contributed by atoms with E-state index in [4.69, 9.17) is 4.74 Å². The molecule has 0 aromatic heterocycles. The van der Waals surface area contributed by atoms with E-state index in [1.807, 2.05) is 49.4 Å². The van der Waals surface area contributed by atoms with Crippen molar-refractivity contribution in [2.45, 2.75) is 6.92 Å². The minimum Gasteiger partial charge on any atom is -0.494 e. The van der Waals surface area contributed by atoms with E-state index in [-0.39, 0.29) is 5.91 Å². The zero-order valence-corrected chi connectivity index (χ0v) is 17.0. The highest BCUT2D eigenvalue weighted by molar-refractivity contribution is 9.11. The van der Waals surface area contributed by atoms with Crippen molar-refractivity contribution in [1.29, 1.82) is 0 Å². The predicted octanol–water partition coefficient (Wildman–Crippen LogP) is 5.59. The number of ether oxygens (including phenoxy) is 1. The van der Waals surface area contributed by atoms with Crippen LogP contribution >= 0.6 is 43.6 Å². The Hall–Kier alpha value is -1.37. The molecule has 0 atom stereocenters. The van der Waals surface area contributed by atoms with E-state index in [0.717, 1.165) is 30.9 Å². The first-order chi connectivity index (χ1) is 11.5. The molecule has 6 heteroatoms. The van der Waals surface area contributed by atoms with Crippen molar-refractivity contribution in [3.63, 3.8) is 0 Å². The fourth-order valence-electron chi connectivity index (χ4n) is 2.24. The summed E-state index contributed by atoms with van der Waals surface area (Å²) in [6, 6.07) is 11.8. The van der Waals surface area contributed by atoms with Gasteiger partial charge in [-0.2, -0.15) is 0 Å². The molecule has 122 valence electrons. The van der Waals surface area contributed by atoms with Gasteiger partial charge in [0.25, 0.3) is 5.91 Å². The molecule has 1 aliphatic rings. The minimum absolute atomic E-state index is 0.210. The molecular weight excluding hydrogens is 454 g/mol. The molecule has 0 saturated carbocycles. The molecule has 3 rings (SSSR count). The Morgan fingerprint density at radius 3 is 2.33 bits per heavy atom. The second kappa shape index (κ2) is 7.25. The number of hydrogen-bond acceptors (Lipinski definition) is 3. The lowest BCUT2D eigenvalue weighted by molar-refractivity contribution is -0.113. The summed E-state index contributed by atoms with van der Waals surface area (Å²) in [4.78, 5) is 17.0. The minimum atomic E-state index is -0.210. The maximum absolute atomic E-state index is 12.2. The molecule has 1 aliphatic heterocycles. The summed E-state index contributed by atoms with van der Waals surface area (Å²) in [5, 5.41) is 0.734. The smallest absolute Gasteiger partial charge is 0.284 e. The lowest BCUT2D eigenvalue weighted by Crippen LogP contribution is -1.90. The van der Waals surface area contributed by atoms with E-state index in [2.05, 4.69) is 36.9 Å². The maximum Gasteiger partial charge on any atom is 0.284 e. The topological polar surface area (TPSA) is 38.7 Å². The van der Waals surface area contributed by atoms with Gasteiger partial charge in [0.05, 0.1) is 21.0 Å². The summed E-state index contributed by atoms with van der Waals surface area (Å²) < 4.78 is 6.94. The lowest BCUT2D eigenvalue weighted by Gasteiger charge is -2.07. The molecule has 0 aliphatic carbocycles. The summed E-state index contributed by atoms with van der Waals surface area (Å²) in [6.45, 7) is 2.03. The monoisotopic (exact) mass is 465 g/mol. The fourth-order valence-corrected chi connectivity index (χ4v) is 4.70. The number of aliphatic imine (C=N–C) groups is 1. The molecule has 0 fully saturated rings. The van der Waals surface area contributed by atoms with Crippen LogP contribution in [0.5, 0.6) is 5.75 Å². The molecule has 0 unspecified atom stereocenters. The van der Waals surface area contributed by atoms with E-state index in [1.54, 1.807) is 7.11 Å². The van der Waals surface area contributed by atoms with Crippen molar-refractivity contribution >= 4 is 60.6 Å². The molecule has 3 nitrogen and oxygen atoms in total. The Bertz CT molecular complexity index is 850. The van der Waals surface area contributed by atoms with Crippen LogP contribution in [-0.4, -0.2) is 18.1 Å². The number of benzene rings is 2. The Morgan fingerprint density at radius 2 is 1.75 bits per heavy atom. The first-order valence-corrected chi connectivity index (χ1v) is 9.51. The molecule has 24 heavy (non-hydrogen) atoms. The summed E-state index contributed by atoms with van der Waals surface area (Å²) in [6.07, 6.45) is 1.84. The van der Waals surface area contributed by atoms with Gasteiger partial charge >= 0.3 is 0 Å². The van der Waals surface area contributed by atoms with Crippen LogP contribution in [0.4, 0.5) is 0 Å². The third kappa shape index (κ3) is 3.66. The second-order valence-corrected chi connectivity index (χ2v) is 7.96. The fraction of sp³-hybridized carbons (Fsp3) is 0.111. The maximum atomic E-state index is 12.2. The average Bonchev–Trinajstić information content (AvgIpc) is 2.89. The van der Waals surface area contributed by atoms with E-state index in [9.17, 15) is 4.79 Å².